The summed E-state index contributed by atoms with van der Waals surface area (Å²) in [6.07, 6.45) is 5.13. The Morgan fingerprint density at radius 2 is 2.20 bits per heavy atom. The summed E-state index contributed by atoms with van der Waals surface area (Å²) in [5.74, 6) is 0.969. The van der Waals surface area contributed by atoms with E-state index in [9.17, 15) is 4.79 Å². The molecule has 2 aromatic heterocycles. The fraction of sp³-hybridized carbons (Fsp3) is 0.300. The third-order valence-corrected chi connectivity index (χ3v) is 4.96. The minimum atomic E-state index is 0.141. The number of imidazole rings is 1. The van der Waals surface area contributed by atoms with Gasteiger partial charge >= 0.3 is 0 Å². The fourth-order valence-electron chi connectivity index (χ4n) is 3.47. The van der Waals surface area contributed by atoms with Crippen molar-refractivity contribution in [3.05, 3.63) is 65.6 Å². The number of hydrogen-bond donors (Lipinski definition) is 0. The average Bonchev–Trinajstić information content (AvgIpc) is 2.98. The topological polar surface area (TPSA) is 46.8 Å². The molecule has 5 heteroatoms. The van der Waals surface area contributed by atoms with E-state index in [2.05, 4.69) is 11.1 Å². The van der Waals surface area contributed by atoms with E-state index in [0.29, 0.717) is 6.42 Å². The standard InChI is InChI=1S/C20H21N3O2/c1-14-5-4-9-22-16(13-21-20(14)22)12-19(24)23-10-8-18(23)15-6-3-7-17(11-15)25-2/h3-7,9,11,13,18H,8,10,12H2,1-2H3/t18-/m0/s1. The predicted molar refractivity (Wildman–Crippen MR) is 95.7 cm³/mol. The van der Waals surface area contributed by atoms with Gasteiger partial charge in [0.1, 0.15) is 11.4 Å². The molecule has 3 aromatic rings. The van der Waals surface area contributed by atoms with Gasteiger partial charge in [0.2, 0.25) is 5.91 Å². The van der Waals surface area contributed by atoms with E-state index in [4.69, 9.17) is 4.74 Å². The van der Waals surface area contributed by atoms with Crippen molar-refractivity contribution in [2.75, 3.05) is 13.7 Å². The zero-order valence-electron chi connectivity index (χ0n) is 14.5. The van der Waals surface area contributed by atoms with Crippen LogP contribution in [0.15, 0.2) is 48.8 Å². The lowest BCUT2D eigenvalue weighted by atomic mass is 9.94. The maximum absolute atomic E-state index is 12.8. The molecule has 0 aliphatic carbocycles. The summed E-state index contributed by atoms with van der Waals surface area (Å²) in [7, 11) is 1.66. The number of benzene rings is 1. The fourth-order valence-corrected chi connectivity index (χ4v) is 3.47. The molecule has 3 heterocycles. The molecule has 5 nitrogen and oxygen atoms in total. The third-order valence-electron chi connectivity index (χ3n) is 4.96. The number of nitrogens with zero attached hydrogens (tertiary/aromatic N) is 3. The zero-order chi connectivity index (χ0) is 17.4. The Morgan fingerprint density at radius 1 is 1.32 bits per heavy atom. The van der Waals surface area contributed by atoms with Crippen molar-refractivity contribution in [2.24, 2.45) is 0 Å². The van der Waals surface area contributed by atoms with Crippen LogP contribution < -0.4 is 4.74 Å². The van der Waals surface area contributed by atoms with Gasteiger partial charge in [0, 0.05) is 18.9 Å². The van der Waals surface area contributed by atoms with E-state index in [-0.39, 0.29) is 11.9 Å². The molecule has 1 aliphatic heterocycles. The van der Waals surface area contributed by atoms with E-state index in [1.54, 1.807) is 13.3 Å². The summed E-state index contributed by atoms with van der Waals surface area (Å²) in [6.45, 7) is 2.83. The summed E-state index contributed by atoms with van der Waals surface area (Å²) in [6, 6.07) is 12.1. The summed E-state index contributed by atoms with van der Waals surface area (Å²) in [5.41, 5.74) is 4.09. The Morgan fingerprint density at radius 3 is 2.96 bits per heavy atom. The molecule has 0 radical (unpaired) electrons. The number of methoxy groups -OCH3 is 1. The summed E-state index contributed by atoms with van der Waals surface area (Å²) in [4.78, 5) is 19.2. The Kier molecular flexibility index (Phi) is 3.92. The third kappa shape index (κ3) is 2.76. The van der Waals surface area contributed by atoms with Crippen LogP contribution in [-0.2, 0) is 11.2 Å². The highest BCUT2D eigenvalue weighted by Gasteiger charge is 2.33. The molecule has 0 bridgehead atoms. The maximum Gasteiger partial charge on any atom is 0.229 e. The smallest absolute Gasteiger partial charge is 0.229 e. The minimum Gasteiger partial charge on any atom is -0.497 e. The van der Waals surface area contributed by atoms with Crippen LogP contribution in [0.2, 0.25) is 0 Å². The van der Waals surface area contributed by atoms with Gasteiger partial charge in [-0.3, -0.25) is 4.79 Å². The lowest BCUT2D eigenvalue weighted by Crippen LogP contribution is -2.45. The quantitative estimate of drug-likeness (QED) is 0.736. The molecule has 0 saturated carbocycles. The molecule has 1 atom stereocenters. The van der Waals surface area contributed by atoms with Crippen molar-refractivity contribution < 1.29 is 9.53 Å². The Bertz CT molecular complexity index is 932. The SMILES string of the molecule is COc1cccc([C@@H]2CCN2C(=O)Cc2cnc3c(C)cccn23)c1. The predicted octanol–water partition coefficient (Wildman–Crippen LogP) is 3.17. The van der Waals surface area contributed by atoms with E-state index < -0.39 is 0 Å². The van der Waals surface area contributed by atoms with Gasteiger partial charge in [-0.25, -0.2) is 4.98 Å². The second-order valence-corrected chi connectivity index (χ2v) is 6.48. The second kappa shape index (κ2) is 6.24. The molecular weight excluding hydrogens is 314 g/mol. The van der Waals surface area contributed by atoms with Crippen LogP contribution in [0.5, 0.6) is 5.75 Å². The summed E-state index contributed by atoms with van der Waals surface area (Å²) in [5, 5.41) is 0. The van der Waals surface area contributed by atoms with Gasteiger partial charge in [0.05, 0.1) is 25.3 Å². The molecule has 25 heavy (non-hydrogen) atoms. The van der Waals surface area contributed by atoms with Crippen LogP contribution in [-0.4, -0.2) is 33.8 Å². The molecule has 0 unspecified atom stereocenters. The van der Waals surface area contributed by atoms with Gasteiger partial charge < -0.3 is 14.0 Å². The Balaban J connectivity index is 1.53. The molecule has 0 N–H and O–H groups in total. The van der Waals surface area contributed by atoms with Crippen LogP contribution >= 0.6 is 0 Å². The molecule has 1 fully saturated rings. The van der Waals surface area contributed by atoms with E-state index in [0.717, 1.165) is 41.2 Å². The number of fused-ring (bicyclic) bond motifs is 1. The molecule has 0 spiro atoms. The van der Waals surface area contributed by atoms with Gasteiger partial charge in [-0.15, -0.1) is 0 Å². The highest BCUT2D eigenvalue weighted by molar-refractivity contribution is 5.80. The van der Waals surface area contributed by atoms with Crippen molar-refractivity contribution >= 4 is 11.6 Å². The van der Waals surface area contributed by atoms with Gasteiger partial charge in [-0.05, 0) is 42.7 Å². The average molecular weight is 335 g/mol. The number of pyridine rings is 1. The monoisotopic (exact) mass is 335 g/mol. The number of aryl methyl sites for hydroxylation is 1. The number of aromatic nitrogens is 2. The first kappa shape index (κ1) is 15.7. The van der Waals surface area contributed by atoms with E-state index in [1.807, 2.05) is 52.8 Å². The number of likely N-dealkylation sites (tertiary alicyclic amines) is 1. The number of hydrogen-bond acceptors (Lipinski definition) is 3. The molecule has 1 aliphatic rings. The number of amides is 1. The summed E-state index contributed by atoms with van der Waals surface area (Å²) < 4.78 is 7.31. The van der Waals surface area contributed by atoms with Crippen molar-refractivity contribution in [1.82, 2.24) is 14.3 Å². The van der Waals surface area contributed by atoms with Gasteiger partial charge in [0.15, 0.2) is 0 Å². The van der Waals surface area contributed by atoms with E-state index >= 15 is 0 Å². The van der Waals surface area contributed by atoms with Gasteiger partial charge in [-0.2, -0.15) is 0 Å². The molecule has 1 amide bonds. The number of ether oxygens (including phenoxy) is 1. The second-order valence-electron chi connectivity index (χ2n) is 6.48. The Hall–Kier alpha value is -2.82. The first-order valence-electron chi connectivity index (χ1n) is 8.52. The number of carbonyl (C=O) groups is 1. The highest BCUT2D eigenvalue weighted by Crippen LogP contribution is 2.35. The van der Waals surface area contributed by atoms with Crippen LogP contribution in [0.4, 0.5) is 0 Å². The largest absolute Gasteiger partial charge is 0.497 e. The first-order chi connectivity index (χ1) is 12.2. The summed E-state index contributed by atoms with van der Waals surface area (Å²) >= 11 is 0. The molecule has 4 rings (SSSR count). The van der Waals surface area contributed by atoms with Crippen molar-refractivity contribution in [3.63, 3.8) is 0 Å². The van der Waals surface area contributed by atoms with Gasteiger partial charge in [0.25, 0.3) is 0 Å². The van der Waals surface area contributed by atoms with Crippen LogP contribution in [0, 0.1) is 6.92 Å². The zero-order valence-corrected chi connectivity index (χ0v) is 14.5. The van der Waals surface area contributed by atoms with Crippen molar-refractivity contribution in [1.29, 1.82) is 0 Å². The first-order valence-corrected chi connectivity index (χ1v) is 8.52. The maximum atomic E-state index is 12.8. The molecular formula is C20H21N3O2. The normalized spacial score (nSPS) is 16.7. The van der Waals surface area contributed by atoms with Crippen LogP contribution in [0.3, 0.4) is 0 Å². The van der Waals surface area contributed by atoms with E-state index in [1.165, 1.54) is 0 Å². The molecule has 128 valence electrons. The molecule has 1 saturated heterocycles. The minimum absolute atomic E-state index is 0.141. The lowest BCUT2D eigenvalue weighted by Gasteiger charge is -2.41. The van der Waals surface area contributed by atoms with Crippen molar-refractivity contribution in [2.45, 2.75) is 25.8 Å². The van der Waals surface area contributed by atoms with Crippen LogP contribution in [0.1, 0.15) is 29.3 Å². The highest BCUT2D eigenvalue weighted by atomic mass is 16.5. The molecule has 1 aromatic carbocycles. The van der Waals surface area contributed by atoms with Crippen LogP contribution in [0.25, 0.3) is 5.65 Å². The number of rotatable bonds is 4. The lowest BCUT2D eigenvalue weighted by molar-refractivity contribution is -0.138. The van der Waals surface area contributed by atoms with Crippen molar-refractivity contribution in [3.8, 4) is 5.75 Å². The Labute approximate surface area is 146 Å². The van der Waals surface area contributed by atoms with Gasteiger partial charge in [-0.1, -0.05) is 18.2 Å². The number of carbonyl (C=O) groups excluding carboxylic acids is 1.